The predicted octanol–water partition coefficient (Wildman–Crippen LogP) is 0.783. The standard InChI is InChI=1S/C11H24N4/c1-11(2,3)14-10(12)13-7-8-15(4)9-5-6-9/h9H,5-8H2,1-4H3,(H3,12,13,14). The molecule has 0 atom stereocenters. The number of aliphatic imine (C=N–C) groups is 1. The van der Waals surface area contributed by atoms with Gasteiger partial charge in [0, 0.05) is 18.1 Å². The summed E-state index contributed by atoms with van der Waals surface area (Å²) in [5.41, 5.74) is 5.75. The molecule has 4 nitrogen and oxygen atoms in total. The van der Waals surface area contributed by atoms with Crippen LogP contribution in [-0.4, -0.2) is 42.6 Å². The molecule has 0 aliphatic heterocycles. The van der Waals surface area contributed by atoms with Crippen LogP contribution in [0.3, 0.4) is 0 Å². The lowest BCUT2D eigenvalue weighted by molar-refractivity contribution is 0.333. The molecule has 15 heavy (non-hydrogen) atoms. The molecule has 1 aliphatic rings. The van der Waals surface area contributed by atoms with Crippen LogP contribution in [-0.2, 0) is 0 Å². The van der Waals surface area contributed by atoms with E-state index in [1.807, 2.05) is 0 Å². The fourth-order valence-corrected chi connectivity index (χ4v) is 1.45. The summed E-state index contributed by atoms with van der Waals surface area (Å²) in [4.78, 5) is 6.66. The molecule has 3 N–H and O–H groups in total. The summed E-state index contributed by atoms with van der Waals surface area (Å²) in [5, 5.41) is 3.15. The lowest BCUT2D eigenvalue weighted by atomic mass is 10.1. The van der Waals surface area contributed by atoms with E-state index in [0.717, 1.165) is 19.1 Å². The van der Waals surface area contributed by atoms with Crippen molar-refractivity contribution in [2.75, 3.05) is 20.1 Å². The van der Waals surface area contributed by atoms with E-state index in [4.69, 9.17) is 5.73 Å². The molecule has 4 heteroatoms. The SMILES string of the molecule is CN(CCN=C(N)NC(C)(C)C)C1CC1. The number of hydrogen-bond acceptors (Lipinski definition) is 2. The van der Waals surface area contributed by atoms with Gasteiger partial charge in [0.05, 0.1) is 6.54 Å². The van der Waals surface area contributed by atoms with E-state index in [2.05, 4.69) is 43.0 Å². The largest absolute Gasteiger partial charge is 0.370 e. The molecule has 1 fully saturated rings. The highest BCUT2D eigenvalue weighted by Gasteiger charge is 2.25. The zero-order valence-corrected chi connectivity index (χ0v) is 10.4. The van der Waals surface area contributed by atoms with E-state index < -0.39 is 0 Å². The first-order valence-electron chi connectivity index (χ1n) is 5.67. The Morgan fingerprint density at radius 1 is 1.47 bits per heavy atom. The Morgan fingerprint density at radius 3 is 2.53 bits per heavy atom. The third-order valence-corrected chi connectivity index (χ3v) is 2.41. The van der Waals surface area contributed by atoms with Crippen LogP contribution in [0.4, 0.5) is 0 Å². The Hall–Kier alpha value is -0.770. The smallest absolute Gasteiger partial charge is 0.189 e. The molecule has 88 valence electrons. The minimum atomic E-state index is -0.00399. The molecule has 0 heterocycles. The van der Waals surface area contributed by atoms with Crippen molar-refractivity contribution >= 4 is 5.96 Å². The van der Waals surface area contributed by atoms with Crippen LogP contribution in [0.2, 0.25) is 0 Å². The molecule has 0 aromatic rings. The maximum absolute atomic E-state index is 5.76. The summed E-state index contributed by atoms with van der Waals surface area (Å²) >= 11 is 0. The van der Waals surface area contributed by atoms with Crippen LogP contribution in [0.1, 0.15) is 33.6 Å². The Bertz CT molecular complexity index is 225. The lowest BCUT2D eigenvalue weighted by Crippen LogP contribution is -2.45. The summed E-state index contributed by atoms with van der Waals surface area (Å²) in [6.07, 6.45) is 2.69. The molecule has 0 spiro atoms. The lowest BCUT2D eigenvalue weighted by Gasteiger charge is -2.21. The fourth-order valence-electron chi connectivity index (χ4n) is 1.45. The van der Waals surface area contributed by atoms with Crippen molar-refractivity contribution in [3.05, 3.63) is 0 Å². The van der Waals surface area contributed by atoms with Gasteiger partial charge in [0.15, 0.2) is 5.96 Å². The Balaban J connectivity index is 2.18. The number of nitrogens with two attached hydrogens (primary N) is 1. The van der Waals surface area contributed by atoms with Crippen LogP contribution >= 0.6 is 0 Å². The average Bonchev–Trinajstić information content (AvgIpc) is 2.81. The number of likely N-dealkylation sites (N-methyl/N-ethyl adjacent to an activating group) is 1. The van der Waals surface area contributed by atoms with Gasteiger partial charge in [-0.15, -0.1) is 0 Å². The fraction of sp³-hybridized carbons (Fsp3) is 0.909. The highest BCUT2D eigenvalue weighted by atomic mass is 15.2. The van der Waals surface area contributed by atoms with Gasteiger partial charge in [0.1, 0.15) is 0 Å². The van der Waals surface area contributed by atoms with Gasteiger partial charge in [0.2, 0.25) is 0 Å². The monoisotopic (exact) mass is 212 g/mol. The van der Waals surface area contributed by atoms with Crippen molar-refractivity contribution in [1.29, 1.82) is 0 Å². The zero-order valence-electron chi connectivity index (χ0n) is 10.4. The average molecular weight is 212 g/mol. The van der Waals surface area contributed by atoms with Crippen molar-refractivity contribution in [3.63, 3.8) is 0 Å². The second kappa shape index (κ2) is 4.84. The minimum Gasteiger partial charge on any atom is -0.370 e. The van der Waals surface area contributed by atoms with E-state index in [9.17, 15) is 0 Å². The zero-order chi connectivity index (χ0) is 11.5. The molecule has 1 rings (SSSR count). The highest BCUT2D eigenvalue weighted by Crippen LogP contribution is 2.24. The quantitative estimate of drug-likeness (QED) is 0.535. The third-order valence-electron chi connectivity index (χ3n) is 2.41. The second-order valence-electron chi connectivity index (χ2n) is 5.35. The summed E-state index contributed by atoms with van der Waals surface area (Å²) in [5.74, 6) is 0.548. The summed E-state index contributed by atoms with van der Waals surface area (Å²) in [7, 11) is 2.15. The van der Waals surface area contributed by atoms with Crippen LogP contribution in [0.25, 0.3) is 0 Å². The van der Waals surface area contributed by atoms with Gasteiger partial charge in [0.25, 0.3) is 0 Å². The molecule has 0 aromatic carbocycles. The first kappa shape index (κ1) is 12.3. The van der Waals surface area contributed by atoms with E-state index in [-0.39, 0.29) is 5.54 Å². The normalized spacial score (nSPS) is 18.3. The summed E-state index contributed by atoms with van der Waals surface area (Å²) < 4.78 is 0. The van der Waals surface area contributed by atoms with Crippen molar-refractivity contribution in [1.82, 2.24) is 10.2 Å². The second-order valence-corrected chi connectivity index (χ2v) is 5.35. The van der Waals surface area contributed by atoms with Crippen molar-refractivity contribution in [2.24, 2.45) is 10.7 Å². The Morgan fingerprint density at radius 2 is 2.07 bits per heavy atom. The van der Waals surface area contributed by atoms with E-state index in [1.54, 1.807) is 0 Å². The van der Waals surface area contributed by atoms with Crippen molar-refractivity contribution < 1.29 is 0 Å². The van der Waals surface area contributed by atoms with Crippen LogP contribution < -0.4 is 11.1 Å². The molecule has 0 amide bonds. The van der Waals surface area contributed by atoms with Gasteiger partial charge in [-0.1, -0.05) is 0 Å². The van der Waals surface area contributed by atoms with Crippen LogP contribution in [0, 0.1) is 0 Å². The molecule has 1 aliphatic carbocycles. The summed E-state index contributed by atoms with van der Waals surface area (Å²) in [6, 6.07) is 0.803. The highest BCUT2D eigenvalue weighted by molar-refractivity contribution is 5.78. The van der Waals surface area contributed by atoms with Crippen LogP contribution in [0.15, 0.2) is 4.99 Å². The summed E-state index contributed by atoms with van der Waals surface area (Å²) in [6.45, 7) is 8.00. The maximum Gasteiger partial charge on any atom is 0.189 e. The molecule has 0 aromatic heterocycles. The van der Waals surface area contributed by atoms with E-state index in [0.29, 0.717) is 5.96 Å². The van der Waals surface area contributed by atoms with Crippen LogP contribution in [0.5, 0.6) is 0 Å². The first-order valence-corrected chi connectivity index (χ1v) is 5.67. The van der Waals surface area contributed by atoms with Crippen molar-refractivity contribution in [3.8, 4) is 0 Å². The minimum absolute atomic E-state index is 0.00399. The number of rotatable bonds is 4. The van der Waals surface area contributed by atoms with Gasteiger partial charge in [-0.2, -0.15) is 0 Å². The molecule has 0 saturated heterocycles. The molecular weight excluding hydrogens is 188 g/mol. The van der Waals surface area contributed by atoms with Gasteiger partial charge in [-0.25, -0.2) is 0 Å². The maximum atomic E-state index is 5.76. The molecule has 0 radical (unpaired) electrons. The number of nitrogens with one attached hydrogen (secondary N) is 1. The van der Waals surface area contributed by atoms with Gasteiger partial charge in [-0.05, 0) is 40.7 Å². The molecule has 0 bridgehead atoms. The first-order chi connectivity index (χ1) is 6.88. The van der Waals surface area contributed by atoms with Gasteiger partial charge < -0.3 is 16.0 Å². The Kier molecular flexibility index (Phi) is 3.97. The Labute approximate surface area is 92.9 Å². The topological polar surface area (TPSA) is 53.6 Å². The molecule has 0 unspecified atom stereocenters. The predicted molar refractivity (Wildman–Crippen MR) is 65.0 cm³/mol. The van der Waals surface area contributed by atoms with E-state index in [1.165, 1.54) is 12.8 Å². The van der Waals surface area contributed by atoms with Gasteiger partial charge >= 0.3 is 0 Å². The molecular formula is C11H24N4. The molecule has 1 saturated carbocycles. The number of hydrogen-bond donors (Lipinski definition) is 2. The van der Waals surface area contributed by atoms with Crippen molar-refractivity contribution in [2.45, 2.75) is 45.2 Å². The third kappa shape index (κ3) is 5.62. The number of nitrogens with zero attached hydrogens (tertiary/aromatic N) is 2. The van der Waals surface area contributed by atoms with Gasteiger partial charge in [-0.3, -0.25) is 4.99 Å². The number of guanidine groups is 1. The van der Waals surface area contributed by atoms with E-state index >= 15 is 0 Å².